The first-order chi connectivity index (χ1) is 18.2. The molecule has 1 aromatic carbocycles. The lowest BCUT2D eigenvalue weighted by Crippen LogP contribution is -2.15. The van der Waals surface area contributed by atoms with Crippen molar-refractivity contribution in [2.24, 2.45) is 17.8 Å². The average molecular weight is 503 g/mol. The van der Waals surface area contributed by atoms with Crippen LogP contribution in [0.2, 0.25) is 0 Å². The lowest BCUT2D eigenvalue weighted by Gasteiger charge is -2.29. The molecule has 0 radical (unpaired) electrons. The van der Waals surface area contributed by atoms with Crippen molar-refractivity contribution >= 4 is 0 Å². The summed E-state index contributed by atoms with van der Waals surface area (Å²) < 4.78 is 0. The van der Waals surface area contributed by atoms with Gasteiger partial charge < -0.3 is 0 Å². The Morgan fingerprint density at radius 2 is 1.11 bits per heavy atom. The zero-order valence-electron chi connectivity index (χ0n) is 24.1. The maximum atomic E-state index is 4.75. The number of hydrogen-bond donors (Lipinski definition) is 0. The Kier molecular flexibility index (Phi) is 12.0. The highest BCUT2D eigenvalue weighted by Gasteiger charge is 2.23. The van der Waals surface area contributed by atoms with Gasteiger partial charge in [-0.3, -0.25) is 0 Å². The second-order valence-electron chi connectivity index (χ2n) is 12.5. The summed E-state index contributed by atoms with van der Waals surface area (Å²) in [7, 11) is 0. The zero-order valence-corrected chi connectivity index (χ0v) is 24.1. The monoisotopic (exact) mass is 502 g/mol. The van der Waals surface area contributed by atoms with E-state index in [4.69, 9.17) is 9.97 Å². The van der Waals surface area contributed by atoms with Crippen LogP contribution in [-0.2, 0) is 6.42 Å². The number of nitrogens with zero attached hydrogens (tertiary/aromatic N) is 2. The topological polar surface area (TPSA) is 25.8 Å². The van der Waals surface area contributed by atoms with Crippen molar-refractivity contribution in [2.75, 3.05) is 0 Å². The molecule has 0 saturated heterocycles. The largest absolute Gasteiger partial charge is 0.236 e. The summed E-state index contributed by atoms with van der Waals surface area (Å²) in [5.41, 5.74) is 3.98. The van der Waals surface area contributed by atoms with Gasteiger partial charge in [0, 0.05) is 18.0 Å². The summed E-state index contributed by atoms with van der Waals surface area (Å²) in [5, 5.41) is 0. The van der Waals surface area contributed by atoms with Crippen molar-refractivity contribution in [3.05, 3.63) is 47.8 Å². The molecule has 37 heavy (non-hydrogen) atoms. The second kappa shape index (κ2) is 15.6. The van der Waals surface area contributed by atoms with Crippen molar-refractivity contribution in [3.63, 3.8) is 0 Å². The molecule has 0 amide bonds. The third kappa shape index (κ3) is 9.22. The summed E-state index contributed by atoms with van der Waals surface area (Å²) in [6, 6.07) is 9.19. The molecule has 2 fully saturated rings. The van der Waals surface area contributed by atoms with Crippen molar-refractivity contribution in [1.82, 2.24) is 9.97 Å². The Bertz CT molecular complexity index is 855. The predicted octanol–water partition coefficient (Wildman–Crippen LogP) is 10.7. The predicted molar refractivity (Wildman–Crippen MR) is 159 cm³/mol. The normalized spacial score (nSPS) is 24.3. The minimum atomic E-state index is 0.746. The first-order valence-electron chi connectivity index (χ1n) is 16.2. The van der Waals surface area contributed by atoms with Crippen LogP contribution in [0.3, 0.4) is 0 Å². The van der Waals surface area contributed by atoms with E-state index in [9.17, 15) is 0 Å². The molecule has 2 nitrogen and oxygen atoms in total. The third-order valence-electron chi connectivity index (χ3n) is 9.68. The van der Waals surface area contributed by atoms with E-state index in [1.807, 2.05) is 0 Å². The minimum Gasteiger partial charge on any atom is -0.236 e. The van der Waals surface area contributed by atoms with Gasteiger partial charge in [-0.2, -0.15) is 0 Å². The Hall–Kier alpha value is -1.70. The summed E-state index contributed by atoms with van der Waals surface area (Å²) in [4.78, 5) is 9.50. The van der Waals surface area contributed by atoms with E-state index in [1.54, 1.807) is 0 Å². The van der Waals surface area contributed by atoms with Crippen LogP contribution >= 0.6 is 0 Å². The van der Waals surface area contributed by atoms with E-state index in [0.717, 1.165) is 41.5 Å². The summed E-state index contributed by atoms with van der Waals surface area (Å²) in [6.45, 7) is 4.62. The number of aromatic nitrogens is 2. The van der Waals surface area contributed by atoms with Gasteiger partial charge in [-0.05, 0) is 73.3 Å². The Balaban J connectivity index is 1.17. The van der Waals surface area contributed by atoms with Gasteiger partial charge in [0.25, 0.3) is 0 Å². The molecule has 2 heteroatoms. The maximum absolute atomic E-state index is 4.75. The van der Waals surface area contributed by atoms with Crippen LogP contribution in [0.5, 0.6) is 0 Å². The number of hydrogen-bond acceptors (Lipinski definition) is 2. The first kappa shape index (κ1) is 28.3. The van der Waals surface area contributed by atoms with Crippen molar-refractivity contribution in [1.29, 1.82) is 0 Å². The van der Waals surface area contributed by atoms with Crippen molar-refractivity contribution in [2.45, 2.75) is 142 Å². The molecule has 0 aliphatic heterocycles. The molecule has 1 heterocycles. The van der Waals surface area contributed by atoms with E-state index >= 15 is 0 Å². The summed E-state index contributed by atoms with van der Waals surface area (Å²) in [6.07, 6.45) is 30.7. The fourth-order valence-electron chi connectivity index (χ4n) is 7.04. The smallest absolute Gasteiger partial charge is 0.159 e. The number of unbranched alkanes of at least 4 members (excludes halogenated alkanes) is 5. The summed E-state index contributed by atoms with van der Waals surface area (Å²) >= 11 is 0. The van der Waals surface area contributed by atoms with Crippen LogP contribution in [0, 0.1) is 17.8 Å². The zero-order chi connectivity index (χ0) is 25.7. The lowest BCUT2D eigenvalue weighted by molar-refractivity contribution is 0.249. The van der Waals surface area contributed by atoms with Gasteiger partial charge in [-0.25, -0.2) is 9.97 Å². The SMILES string of the molecule is CCCCCC[C@H]1CC[C@H](c2ccc(-c3ncc(CC[C@H]4CC[C@H](CCCCC)CC4)cn3)cc2)CC1. The second-order valence-corrected chi connectivity index (χ2v) is 12.5. The van der Waals surface area contributed by atoms with E-state index in [0.29, 0.717) is 0 Å². The number of aryl methyl sites for hydroxylation is 1. The van der Waals surface area contributed by atoms with E-state index < -0.39 is 0 Å². The quantitative estimate of drug-likeness (QED) is 0.240. The van der Waals surface area contributed by atoms with Gasteiger partial charge in [-0.1, -0.05) is 122 Å². The molecule has 2 aliphatic rings. The van der Waals surface area contributed by atoms with Gasteiger partial charge in [0.1, 0.15) is 0 Å². The molecule has 2 aromatic rings. The molecule has 204 valence electrons. The number of rotatable bonds is 14. The van der Waals surface area contributed by atoms with Crippen LogP contribution in [0.1, 0.15) is 146 Å². The van der Waals surface area contributed by atoms with Crippen molar-refractivity contribution in [3.8, 4) is 11.4 Å². The molecule has 4 rings (SSSR count). The van der Waals surface area contributed by atoms with Gasteiger partial charge in [0.05, 0.1) is 0 Å². The lowest BCUT2D eigenvalue weighted by atomic mass is 9.77. The van der Waals surface area contributed by atoms with Crippen LogP contribution in [0.4, 0.5) is 0 Å². The molecule has 2 aliphatic carbocycles. The van der Waals surface area contributed by atoms with Crippen molar-refractivity contribution < 1.29 is 0 Å². The molecular weight excluding hydrogens is 448 g/mol. The summed E-state index contributed by atoms with van der Waals surface area (Å²) in [5.74, 6) is 4.51. The van der Waals surface area contributed by atoms with Gasteiger partial charge in [-0.15, -0.1) is 0 Å². The van der Waals surface area contributed by atoms with Crippen LogP contribution in [-0.4, -0.2) is 9.97 Å². The van der Waals surface area contributed by atoms with Crippen LogP contribution in [0.15, 0.2) is 36.7 Å². The van der Waals surface area contributed by atoms with Gasteiger partial charge in [0.15, 0.2) is 5.82 Å². The Morgan fingerprint density at radius 1 is 0.595 bits per heavy atom. The highest BCUT2D eigenvalue weighted by molar-refractivity contribution is 5.55. The first-order valence-corrected chi connectivity index (χ1v) is 16.2. The maximum Gasteiger partial charge on any atom is 0.159 e. The fraction of sp³-hybridized carbons (Fsp3) is 0.714. The van der Waals surface area contributed by atoms with E-state index in [1.165, 1.54) is 127 Å². The molecule has 0 bridgehead atoms. The number of benzene rings is 1. The standard InChI is InChI=1S/C35H54N2/c1-3-5-7-9-11-29-18-20-32(21-19-29)33-22-24-34(25-23-33)35-36-26-31(27-37-35)17-16-30-14-12-28(13-15-30)10-8-6-4-2/h22-30,32H,3-21H2,1-2H3/t28-,29-,30-,32-. The molecule has 2 saturated carbocycles. The molecule has 0 N–H and O–H groups in total. The molecule has 0 unspecified atom stereocenters. The van der Waals surface area contributed by atoms with Crippen LogP contribution < -0.4 is 0 Å². The molecule has 1 aromatic heterocycles. The minimum absolute atomic E-state index is 0.746. The average Bonchev–Trinajstić information content (AvgIpc) is 2.96. The highest BCUT2D eigenvalue weighted by Crippen LogP contribution is 2.38. The Morgan fingerprint density at radius 3 is 1.70 bits per heavy atom. The molecule has 0 atom stereocenters. The molecule has 0 spiro atoms. The fourth-order valence-corrected chi connectivity index (χ4v) is 7.04. The highest BCUT2D eigenvalue weighted by atomic mass is 14.9. The van der Waals surface area contributed by atoms with Gasteiger partial charge >= 0.3 is 0 Å². The van der Waals surface area contributed by atoms with E-state index in [2.05, 4.69) is 50.5 Å². The third-order valence-corrected chi connectivity index (χ3v) is 9.68. The van der Waals surface area contributed by atoms with E-state index in [-0.39, 0.29) is 0 Å². The molecular formula is C35H54N2. The van der Waals surface area contributed by atoms with Gasteiger partial charge in [0.2, 0.25) is 0 Å². The Labute approximate surface area is 228 Å². The van der Waals surface area contributed by atoms with Crippen LogP contribution in [0.25, 0.3) is 11.4 Å².